The van der Waals surface area contributed by atoms with Crippen LogP contribution in [0.4, 0.5) is 0 Å². The highest BCUT2D eigenvalue weighted by Crippen LogP contribution is 2.14. The van der Waals surface area contributed by atoms with Crippen LogP contribution in [0.5, 0.6) is 0 Å². The van der Waals surface area contributed by atoms with Crippen LogP contribution in [-0.4, -0.2) is 30.7 Å². The minimum absolute atomic E-state index is 0.216. The molecule has 0 aliphatic carbocycles. The fourth-order valence-electron chi connectivity index (χ4n) is 2.71. The summed E-state index contributed by atoms with van der Waals surface area (Å²) < 4.78 is 10.9. The zero-order chi connectivity index (χ0) is 14.5. The van der Waals surface area contributed by atoms with Crippen molar-refractivity contribution in [2.24, 2.45) is 0 Å². The average Bonchev–Trinajstić information content (AvgIpc) is 2.96. The minimum atomic E-state index is -0.594. The van der Waals surface area contributed by atoms with Crippen LogP contribution in [0.3, 0.4) is 0 Å². The smallest absolute Gasteiger partial charge is 0.154 e. The van der Waals surface area contributed by atoms with E-state index in [9.17, 15) is 5.11 Å². The molecule has 1 fully saturated rings. The van der Waals surface area contributed by atoms with E-state index < -0.39 is 6.29 Å². The molecule has 0 radical (unpaired) electrons. The number of rotatable bonds is 13. The predicted octanol–water partition coefficient (Wildman–Crippen LogP) is 4.42. The van der Waals surface area contributed by atoms with E-state index in [0.29, 0.717) is 6.61 Å². The van der Waals surface area contributed by atoms with E-state index in [1.807, 2.05) is 0 Å². The second kappa shape index (κ2) is 12.6. The highest BCUT2D eigenvalue weighted by molar-refractivity contribution is 4.63. The zero-order valence-electron chi connectivity index (χ0n) is 13.3. The summed E-state index contributed by atoms with van der Waals surface area (Å²) in [5.41, 5.74) is 0. The average molecular weight is 286 g/mol. The van der Waals surface area contributed by atoms with Crippen LogP contribution in [0, 0.1) is 0 Å². The third kappa shape index (κ3) is 9.73. The predicted molar refractivity (Wildman–Crippen MR) is 82.8 cm³/mol. The largest absolute Gasteiger partial charge is 0.376 e. The second-order valence-corrected chi connectivity index (χ2v) is 6.04. The molecule has 2 unspecified atom stereocenters. The van der Waals surface area contributed by atoms with Gasteiger partial charge in [0.2, 0.25) is 0 Å². The lowest BCUT2D eigenvalue weighted by Gasteiger charge is -2.15. The molecule has 3 nitrogen and oxygen atoms in total. The summed E-state index contributed by atoms with van der Waals surface area (Å²) >= 11 is 0. The molecule has 1 heterocycles. The molecule has 0 aromatic rings. The van der Waals surface area contributed by atoms with Gasteiger partial charge < -0.3 is 14.6 Å². The molecule has 0 spiro atoms. The standard InChI is InChI=1S/C17H34O3/c1-2-3-4-5-6-7-8-9-10-13-17(18)20-15-16-12-11-14-19-16/h16-18H,2-15H2,1H3. The molecule has 0 bridgehead atoms. The Morgan fingerprint density at radius 2 is 1.70 bits per heavy atom. The van der Waals surface area contributed by atoms with Gasteiger partial charge in [-0.1, -0.05) is 58.3 Å². The van der Waals surface area contributed by atoms with E-state index in [1.54, 1.807) is 0 Å². The van der Waals surface area contributed by atoms with Gasteiger partial charge in [-0.25, -0.2) is 0 Å². The van der Waals surface area contributed by atoms with Crippen molar-refractivity contribution in [3.8, 4) is 0 Å². The Bertz CT molecular complexity index is 202. The third-order valence-electron chi connectivity index (χ3n) is 4.05. The van der Waals surface area contributed by atoms with Crippen molar-refractivity contribution in [2.45, 2.75) is 96.4 Å². The highest BCUT2D eigenvalue weighted by Gasteiger charge is 2.17. The Labute approximate surface area is 125 Å². The van der Waals surface area contributed by atoms with Gasteiger partial charge in [0.05, 0.1) is 12.7 Å². The Morgan fingerprint density at radius 1 is 1.05 bits per heavy atom. The number of unbranched alkanes of at least 4 members (excludes halogenated alkanes) is 8. The fraction of sp³-hybridized carbons (Fsp3) is 1.00. The van der Waals surface area contributed by atoms with Crippen molar-refractivity contribution >= 4 is 0 Å². The van der Waals surface area contributed by atoms with Gasteiger partial charge in [0.15, 0.2) is 6.29 Å². The molecule has 0 aromatic heterocycles. The molecule has 20 heavy (non-hydrogen) atoms. The maximum absolute atomic E-state index is 9.73. The van der Waals surface area contributed by atoms with Gasteiger partial charge >= 0.3 is 0 Å². The van der Waals surface area contributed by atoms with Gasteiger partial charge in [-0.15, -0.1) is 0 Å². The number of hydrogen-bond acceptors (Lipinski definition) is 3. The molecule has 1 aliphatic heterocycles. The van der Waals surface area contributed by atoms with E-state index >= 15 is 0 Å². The molecule has 1 rings (SSSR count). The molecule has 1 saturated heterocycles. The molecule has 1 N–H and O–H groups in total. The van der Waals surface area contributed by atoms with E-state index in [1.165, 1.54) is 51.4 Å². The first-order valence-electron chi connectivity index (χ1n) is 8.74. The van der Waals surface area contributed by atoms with Crippen LogP contribution in [0.1, 0.15) is 84.0 Å². The zero-order valence-corrected chi connectivity index (χ0v) is 13.3. The maximum Gasteiger partial charge on any atom is 0.154 e. The summed E-state index contributed by atoms with van der Waals surface area (Å²) in [6.07, 6.45) is 14.4. The topological polar surface area (TPSA) is 38.7 Å². The van der Waals surface area contributed by atoms with Crippen molar-refractivity contribution in [2.75, 3.05) is 13.2 Å². The van der Waals surface area contributed by atoms with Gasteiger partial charge in [-0.05, 0) is 25.7 Å². The summed E-state index contributed by atoms with van der Waals surface area (Å²) in [5, 5.41) is 9.73. The summed E-state index contributed by atoms with van der Waals surface area (Å²) in [6.45, 7) is 3.66. The highest BCUT2D eigenvalue weighted by atomic mass is 16.6. The first-order chi connectivity index (χ1) is 9.83. The van der Waals surface area contributed by atoms with Crippen molar-refractivity contribution in [3.05, 3.63) is 0 Å². The van der Waals surface area contributed by atoms with Gasteiger partial charge in [0.1, 0.15) is 0 Å². The van der Waals surface area contributed by atoms with Gasteiger partial charge in [-0.2, -0.15) is 0 Å². The van der Waals surface area contributed by atoms with Gasteiger partial charge in [0, 0.05) is 6.61 Å². The number of ether oxygens (including phenoxy) is 2. The lowest BCUT2D eigenvalue weighted by atomic mass is 10.1. The normalized spacial score (nSPS) is 20.4. The summed E-state index contributed by atoms with van der Waals surface area (Å²) in [4.78, 5) is 0. The molecular formula is C17H34O3. The fourth-order valence-corrected chi connectivity index (χ4v) is 2.71. The van der Waals surface area contributed by atoms with Crippen LogP contribution in [0.25, 0.3) is 0 Å². The van der Waals surface area contributed by atoms with E-state index in [4.69, 9.17) is 9.47 Å². The monoisotopic (exact) mass is 286 g/mol. The van der Waals surface area contributed by atoms with E-state index in [2.05, 4.69) is 6.92 Å². The molecule has 120 valence electrons. The third-order valence-corrected chi connectivity index (χ3v) is 4.05. The van der Waals surface area contributed by atoms with Gasteiger partial charge in [-0.3, -0.25) is 0 Å². The van der Waals surface area contributed by atoms with Crippen LogP contribution in [-0.2, 0) is 9.47 Å². The lowest BCUT2D eigenvalue weighted by molar-refractivity contribution is -0.127. The SMILES string of the molecule is CCCCCCCCCCCC(O)OCC1CCCO1. The van der Waals surface area contributed by atoms with Crippen LogP contribution < -0.4 is 0 Å². The minimum Gasteiger partial charge on any atom is -0.376 e. The number of hydrogen-bond donors (Lipinski definition) is 1. The summed E-state index contributed by atoms with van der Waals surface area (Å²) in [5.74, 6) is 0. The molecule has 0 amide bonds. The summed E-state index contributed by atoms with van der Waals surface area (Å²) in [6, 6.07) is 0. The second-order valence-electron chi connectivity index (χ2n) is 6.04. The van der Waals surface area contributed by atoms with Crippen molar-refractivity contribution in [1.29, 1.82) is 0 Å². The Hall–Kier alpha value is -0.120. The molecule has 2 atom stereocenters. The molecular weight excluding hydrogens is 252 g/mol. The Kier molecular flexibility index (Phi) is 11.3. The molecule has 1 aliphatic rings. The van der Waals surface area contributed by atoms with Crippen LogP contribution in [0.15, 0.2) is 0 Å². The molecule has 0 aromatic carbocycles. The quantitative estimate of drug-likeness (QED) is 0.402. The first-order valence-corrected chi connectivity index (χ1v) is 8.74. The summed E-state index contributed by atoms with van der Waals surface area (Å²) in [7, 11) is 0. The van der Waals surface area contributed by atoms with Gasteiger partial charge in [0.25, 0.3) is 0 Å². The van der Waals surface area contributed by atoms with Crippen LogP contribution in [0.2, 0.25) is 0 Å². The number of aliphatic hydroxyl groups excluding tert-OH is 1. The van der Waals surface area contributed by atoms with Crippen molar-refractivity contribution < 1.29 is 14.6 Å². The molecule has 0 saturated carbocycles. The Morgan fingerprint density at radius 3 is 2.30 bits per heavy atom. The molecule has 3 heteroatoms. The van der Waals surface area contributed by atoms with E-state index in [0.717, 1.165) is 32.3 Å². The van der Waals surface area contributed by atoms with Crippen molar-refractivity contribution in [3.63, 3.8) is 0 Å². The van der Waals surface area contributed by atoms with Crippen molar-refractivity contribution in [1.82, 2.24) is 0 Å². The Balaban J connectivity index is 1.78. The van der Waals surface area contributed by atoms with Crippen LogP contribution >= 0.6 is 0 Å². The lowest BCUT2D eigenvalue weighted by Crippen LogP contribution is -2.20. The van der Waals surface area contributed by atoms with E-state index in [-0.39, 0.29) is 6.10 Å². The number of aliphatic hydroxyl groups is 1. The first kappa shape index (κ1) is 17.9. The maximum atomic E-state index is 9.73.